The highest BCUT2D eigenvalue weighted by Crippen LogP contribution is 2.27. The number of hydrogen-bond donors (Lipinski definition) is 1. The number of thiophene rings is 1. The quantitative estimate of drug-likeness (QED) is 0.837. The Morgan fingerprint density at radius 3 is 2.76 bits per heavy atom. The molecule has 1 N–H and O–H groups in total. The van der Waals surface area contributed by atoms with Crippen molar-refractivity contribution in [2.45, 2.75) is 19.3 Å². The first kappa shape index (κ1) is 12.0. The molecule has 0 aliphatic rings. The van der Waals surface area contributed by atoms with Crippen LogP contribution in [0.3, 0.4) is 0 Å². The minimum atomic E-state index is -0.455. The zero-order chi connectivity index (χ0) is 12.3. The molecule has 0 aromatic carbocycles. The molecule has 0 amide bonds. The van der Waals surface area contributed by atoms with Gasteiger partial charge in [0.15, 0.2) is 0 Å². The molecule has 90 valence electrons. The fourth-order valence-corrected chi connectivity index (χ4v) is 2.42. The van der Waals surface area contributed by atoms with Crippen molar-refractivity contribution in [1.82, 2.24) is 4.98 Å². The van der Waals surface area contributed by atoms with E-state index in [-0.39, 0.29) is 5.41 Å². The largest absolute Gasteiger partial charge is 0.369 e. The van der Waals surface area contributed by atoms with Gasteiger partial charge in [-0.3, -0.25) is 0 Å². The maximum Gasteiger partial charge on any atom is 0.214 e. The maximum atomic E-state index is 12.9. The summed E-state index contributed by atoms with van der Waals surface area (Å²) in [6, 6.07) is 8.93. The van der Waals surface area contributed by atoms with Gasteiger partial charge in [-0.1, -0.05) is 26.0 Å². The summed E-state index contributed by atoms with van der Waals surface area (Å²) < 4.78 is 12.9. The van der Waals surface area contributed by atoms with Crippen LogP contribution in [0.5, 0.6) is 0 Å². The fourth-order valence-electron chi connectivity index (χ4n) is 1.57. The van der Waals surface area contributed by atoms with Crippen molar-refractivity contribution in [3.8, 4) is 0 Å². The van der Waals surface area contributed by atoms with Crippen molar-refractivity contribution in [3.05, 3.63) is 46.5 Å². The molecule has 0 saturated heterocycles. The van der Waals surface area contributed by atoms with Gasteiger partial charge in [0.1, 0.15) is 5.82 Å². The van der Waals surface area contributed by atoms with E-state index in [2.05, 4.69) is 35.6 Å². The van der Waals surface area contributed by atoms with Crippen molar-refractivity contribution >= 4 is 17.2 Å². The Morgan fingerprint density at radius 1 is 1.29 bits per heavy atom. The molecule has 0 unspecified atom stereocenters. The summed E-state index contributed by atoms with van der Waals surface area (Å²) >= 11 is 1.73. The van der Waals surface area contributed by atoms with Gasteiger partial charge in [0, 0.05) is 16.8 Å². The van der Waals surface area contributed by atoms with Crippen molar-refractivity contribution in [2.24, 2.45) is 0 Å². The van der Waals surface area contributed by atoms with Crippen molar-refractivity contribution in [1.29, 1.82) is 0 Å². The first-order valence-corrected chi connectivity index (χ1v) is 6.36. The van der Waals surface area contributed by atoms with Gasteiger partial charge in [0.25, 0.3) is 0 Å². The molecule has 0 fully saturated rings. The number of halogens is 1. The van der Waals surface area contributed by atoms with E-state index in [1.807, 2.05) is 6.07 Å². The van der Waals surface area contributed by atoms with Gasteiger partial charge in [-0.05, 0) is 23.6 Å². The molecular weight excluding hydrogens is 235 g/mol. The van der Waals surface area contributed by atoms with E-state index >= 15 is 0 Å². The monoisotopic (exact) mass is 250 g/mol. The Balaban J connectivity index is 2.03. The molecule has 17 heavy (non-hydrogen) atoms. The lowest BCUT2D eigenvalue weighted by Gasteiger charge is -2.23. The maximum absolute atomic E-state index is 12.9. The normalized spacial score (nSPS) is 11.5. The SMILES string of the molecule is CC(C)(CNc1cccc(F)n1)c1cccs1. The fraction of sp³-hybridized carbons (Fsp3) is 0.308. The van der Waals surface area contributed by atoms with Gasteiger partial charge in [0.05, 0.1) is 0 Å². The van der Waals surface area contributed by atoms with Gasteiger partial charge < -0.3 is 5.32 Å². The summed E-state index contributed by atoms with van der Waals surface area (Å²) in [7, 11) is 0. The molecule has 2 aromatic rings. The van der Waals surface area contributed by atoms with Gasteiger partial charge >= 0.3 is 0 Å². The molecule has 0 aliphatic carbocycles. The van der Waals surface area contributed by atoms with Crippen LogP contribution >= 0.6 is 11.3 Å². The molecule has 4 heteroatoms. The zero-order valence-electron chi connectivity index (χ0n) is 9.90. The number of nitrogens with zero attached hydrogens (tertiary/aromatic N) is 1. The number of anilines is 1. The predicted octanol–water partition coefficient (Wildman–Crippen LogP) is 3.67. The predicted molar refractivity (Wildman–Crippen MR) is 70.0 cm³/mol. The molecule has 2 aromatic heterocycles. The molecule has 2 rings (SSSR count). The van der Waals surface area contributed by atoms with Crippen LogP contribution in [0, 0.1) is 5.95 Å². The molecule has 2 nitrogen and oxygen atoms in total. The lowest BCUT2D eigenvalue weighted by atomic mass is 9.91. The van der Waals surface area contributed by atoms with Gasteiger partial charge in [-0.15, -0.1) is 11.3 Å². The lowest BCUT2D eigenvalue weighted by Crippen LogP contribution is -2.26. The van der Waals surface area contributed by atoms with E-state index in [0.717, 1.165) is 6.54 Å². The minimum absolute atomic E-state index is 0.0160. The second-order valence-electron chi connectivity index (χ2n) is 4.56. The van der Waals surface area contributed by atoms with Gasteiger partial charge in [0.2, 0.25) is 5.95 Å². The third-order valence-electron chi connectivity index (χ3n) is 2.61. The third kappa shape index (κ3) is 3.03. The van der Waals surface area contributed by atoms with Crippen LogP contribution in [0.15, 0.2) is 35.7 Å². The highest BCUT2D eigenvalue weighted by atomic mass is 32.1. The van der Waals surface area contributed by atoms with Crippen LogP contribution in [0.2, 0.25) is 0 Å². The number of nitrogens with one attached hydrogen (secondary N) is 1. The molecule has 0 saturated carbocycles. The van der Waals surface area contributed by atoms with Gasteiger partial charge in [-0.25, -0.2) is 4.98 Å². The Bertz CT molecular complexity index is 480. The summed E-state index contributed by atoms with van der Waals surface area (Å²) in [5.74, 6) is 0.124. The van der Waals surface area contributed by atoms with E-state index in [1.165, 1.54) is 10.9 Å². The summed E-state index contributed by atoms with van der Waals surface area (Å²) in [5, 5.41) is 5.24. The zero-order valence-corrected chi connectivity index (χ0v) is 10.7. The highest BCUT2D eigenvalue weighted by Gasteiger charge is 2.21. The van der Waals surface area contributed by atoms with E-state index < -0.39 is 5.95 Å². The van der Waals surface area contributed by atoms with Gasteiger partial charge in [-0.2, -0.15) is 4.39 Å². The van der Waals surface area contributed by atoms with Crippen molar-refractivity contribution < 1.29 is 4.39 Å². The molecule has 0 bridgehead atoms. The lowest BCUT2D eigenvalue weighted by molar-refractivity contribution is 0.561. The van der Waals surface area contributed by atoms with E-state index in [0.29, 0.717) is 5.82 Å². The number of rotatable bonds is 4. The number of hydrogen-bond acceptors (Lipinski definition) is 3. The molecule has 0 atom stereocenters. The topological polar surface area (TPSA) is 24.9 Å². The van der Waals surface area contributed by atoms with Crippen LogP contribution in [0.4, 0.5) is 10.2 Å². The number of pyridine rings is 1. The Hall–Kier alpha value is -1.42. The average Bonchev–Trinajstić information content (AvgIpc) is 2.81. The first-order valence-electron chi connectivity index (χ1n) is 5.48. The summed E-state index contributed by atoms with van der Waals surface area (Å²) in [4.78, 5) is 5.09. The van der Waals surface area contributed by atoms with Crippen molar-refractivity contribution in [2.75, 3.05) is 11.9 Å². The summed E-state index contributed by atoms with van der Waals surface area (Å²) in [6.45, 7) is 5.04. The van der Waals surface area contributed by atoms with E-state index in [1.54, 1.807) is 23.5 Å². The van der Waals surface area contributed by atoms with Crippen LogP contribution in [-0.4, -0.2) is 11.5 Å². The molecular formula is C13H15FN2S. The standard InChI is InChI=1S/C13H15FN2S/c1-13(2,10-5-4-8-17-10)9-15-12-7-3-6-11(14)16-12/h3-8H,9H2,1-2H3,(H,15,16). The Morgan fingerprint density at radius 2 is 2.12 bits per heavy atom. The van der Waals surface area contributed by atoms with Crippen LogP contribution in [0.25, 0.3) is 0 Å². The van der Waals surface area contributed by atoms with E-state index in [9.17, 15) is 4.39 Å². The molecule has 2 heterocycles. The van der Waals surface area contributed by atoms with Crippen LogP contribution in [-0.2, 0) is 5.41 Å². The minimum Gasteiger partial charge on any atom is -0.369 e. The molecule has 0 aliphatic heterocycles. The molecule has 0 radical (unpaired) electrons. The second kappa shape index (κ2) is 4.84. The first-order chi connectivity index (χ1) is 8.08. The summed E-state index contributed by atoms with van der Waals surface area (Å²) in [6.07, 6.45) is 0. The Labute approximate surface area is 105 Å². The smallest absolute Gasteiger partial charge is 0.214 e. The van der Waals surface area contributed by atoms with E-state index in [4.69, 9.17) is 0 Å². The molecule has 0 spiro atoms. The van der Waals surface area contributed by atoms with Crippen LogP contribution < -0.4 is 5.32 Å². The Kier molecular flexibility index (Phi) is 3.43. The van der Waals surface area contributed by atoms with Crippen molar-refractivity contribution in [3.63, 3.8) is 0 Å². The van der Waals surface area contributed by atoms with Crippen LogP contribution in [0.1, 0.15) is 18.7 Å². The highest BCUT2D eigenvalue weighted by molar-refractivity contribution is 7.10. The second-order valence-corrected chi connectivity index (χ2v) is 5.51. The number of aromatic nitrogens is 1. The third-order valence-corrected chi connectivity index (χ3v) is 3.85. The average molecular weight is 250 g/mol. The summed E-state index contributed by atoms with van der Waals surface area (Å²) in [5.41, 5.74) is 0.0160.